The highest BCUT2D eigenvalue weighted by Crippen LogP contribution is 2.28. The predicted octanol–water partition coefficient (Wildman–Crippen LogP) is 3.42. The normalized spacial score (nSPS) is 10.2. The van der Waals surface area contributed by atoms with Crippen molar-refractivity contribution in [3.05, 3.63) is 41.9 Å². The molecule has 0 atom stereocenters. The van der Waals surface area contributed by atoms with Crippen molar-refractivity contribution in [1.29, 1.82) is 0 Å². The van der Waals surface area contributed by atoms with Gasteiger partial charge in [-0.2, -0.15) is 0 Å². The largest absolute Gasteiger partial charge is 0.495 e. The summed E-state index contributed by atoms with van der Waals surface area (Å²) < 4.78 is 11.0. The van der Waals surface area contributed by atoms with Crippen molar-refractivity contribution in [2.75, 3.05) is 17.7 Å². The Morgan fingerprint density at radius 2 is 2.00 bits per heavy atom. The molecule has 5 nitrogen and oxygen atoms in total. The van der Waals surface area contributed by atoms with Gasteiger partial charge >= 0.3 is 0 Å². The molecule has 0 bridgehead atoms. The second kappa shape index (κ2) is 6.83. The van der Waals surface area contributed by atoms with Gasteiger partial charge in [0.25, 0.3) is 0 Å². The second-order valence-electron chi connectivity index (χ2n) is 4.67. The maximum atomic E-state index is 11.1. The summed E-state index contributed by atoms with van der Waals surface area (Å²) in [6, 6.07) is 9.38. The number of hydrogen-bond donors (Lipinski definition) is 2. The van der Waals surface area contributed by atoms with Crippen molar-refractivity contribution in [1.82, 2.24) is 0 Å². The van der Waals surface area contributed by atoms with E-state index >= 15 is 0 Å². The lowest BCUT2D eigenvalue weighted by atomic mass is 10.2. The minimum Gasteiger partial charge on any atom is -0.495 e. The molecule has 2 N–H and O–H groups in total. The van der Waals surface area contributed by atoms with Gasteiger partial charge in [-0.3, -0.25) is 4.79 Å². The van der Waals surface area contributed by atoms with Crippen LogP contribution in [-0.4, -0.2) is 13.0 Å². The monoisotopic (exact) mass is 288 g/mol. The number of rotatable bonds is 6. The molecule has 0 aliphatic heterocycles. The van der Waals surface area contributed by atoms with E-state index in [1.165, 1.54) is 6.92 Å². The van der Waals surface area contributed by atoms with Gasteiger partial charge in [0.2, 0.25) is 5.91 Å². The third-order valence-corrected chi connectivity index (χ3v) is 3.04. The summed E-state index contributed by atoms with van der Waals surface area (Å²) in [6.45, 7) is 4.09. The Labute approximate surface area is 124 Å². The van der Waals surface area contributed by atoms with Crippen LogP contribution in [0, 0.1) is 0 Å². The summed E-state index contributed by atoms with van der Waals surface area (Å²) in [5, 5.41) is 6.01. The highest BCUT2D eigenvalue weighted by molar-refractivity contribution is 5.89. The molecule has 112 valence electrons. The first-order chi connectivity index (χ1) is 10.1. The average molecular weight is 288 g/mol. The molecule has 1 amide bonds. The molecule has 0 saturated carbocycles. The summed E-state index contributed by atoms with van der Waals surface area (Å²) in [6.07, 6.45) is 0.876. The van der Waals surface area contributed by atoms with Crippen molar-refractivity contribution >= 4 is 17.3 Å². The highest BCUT2D eigenvalue weighted by atomic mass is 16.5. The molecular formula is C16H20N2O3. The molecule has 0 unspecified atom stereocenters. The standard InChI is InChI=1S/C16H20N2O3/c1-4-13-6-7-14(21-13)10-17-15-9-12(18-11(2)19)5-8-16(15)20-3/h5-9,17H,4,10H2,1-3H3,(H,18,19). The van der Waals surface area contributed by atoms with Crippen LogP contribution in [0.25, 0.3) is 0 Å². The topological polar surface area (TPSA) is 63.5 Å². The summed E-state index contributed by atoms with van der Waals surface area (Å²) in [5.74, 6) is 2.43. The lowest BCUT2D eigenvalue weighted by Gasteiger charge is -2.12. The smallest absolute Gasteiger partial charge is 0.221 e. The van der Waals surface area contributed by atoms with E-state index in [-0.39, 0.29) is 5.91 Å². The van der Waals surface area contributed by atoms with Gasteiger partial charge in [0, 0.05) is 19.0 Å². The molecule has 5 heteroatoms. The summed E-state index contributed by atoms with van der Waals surface area (Å²) in [7, 11) is 1.61. The van der Waals surface area contributed by atoms with E-state index in [1.54, 1.807) is 13.2 Å². The fourth-order valence-electron chi connectivity index (χ4n) is 2.02. The molecule has 0 saturated heterocycles. The van der Waals surface area contributed by atoms with Crippen LogP contribution in [0.5, 0.6) is 5.75 Å². The van der Waals surface area contributed by atoms with E-state index in [9.17, 15) is 4.79 Å². The van der Waals surface area contributed by atoms with Gasteiger partial charge in [-0.15, -0.1) is 0 Å². The quantitative estimate of drug-likeness (QED) is 0.855. The molecule has 21 heavy (non-hydrogen) atoms. The maximum absolute atomic E-state index is 11.1. The Kier molecular flexibility index (Phi) is 4.87. The third kappa shape index (κ3) is 4.02. The predicted molar refractivity (Wildman–Crippen MR) is 82.7 cm³/mol. The molecular weight excluding hydrogens is 268 g/mol. The zero-order chi connectivity index (χ0) is 15.2. The zero-order valence-electron chi connectivity index (χ0n) is 12.5. The zero-order valence-corrected chi connectivity index (χ0v) is 12.5. The first-order valence-electron chi connectivity index (χ1n) is 6.89. The number of amides is 1. The van der Waals surface area contributed by atoms with E-state index in [0.29, 0.717) is 12.3 Å². The minimum absolute atomic E-state index is 0.107. The van der Waals surface area contributed by atoms with E-state index in [0.717, 1.165) is 29.3 Å². The fourth-order valence-corrected chi connectivity index (χ4v) is 2.02. The number of ether oxygens (including phenoxy) is 1. The Morgan fingerprint density at radius 1 is 1.24 bits per heavy atom. The van der Waals surface area contributed by atoms with Crippen LogP contribution in [0.15, 0.2) is 34.7 Å². The summed E-state index contributed by atoms with van der Waals surface area (Å²) in [4.78, 5) is 11.1. The van der Waals surface area contributed by atoms with Gasteiger partial charge in [-0.05, 0) is 30.3 Å². The van der Waals surface area contributed by atoms with Gasteiger partial charge < -0.3 is 19.8 Å². The number of aryl methyl sites for hydroxylation is 1. The molecule has 0 radical (unpaired) electrons. The maximum Gasteiger partial charge on any atom is 0.221 e. The Balaban J connectivity index is 2.11. The van der Waals surface area contributed by atoms with Crippen LogP contribution in [0.2, 0.25) is 0 Å². The number of furan rings is 1. The Morgan fingerprint density at radius 3 is 2.62 bits per heavy atom. The van der Waals surface area contributed by atoms with Crippen molar-refractivity contribution in [3.63, 3.8) is 0 Å². The lowest BCUT2D eigenvalue weighted by molar-refractivity contribution is -0.114. The van der Waals surface area contributed by atoms with Gasteiger partial charge in [0.15, 0.2) is 0 Å². The van der Waals surface area contributed by atoms with Gasteiger partial charge in [-0.25, -0.2) is 0 Å². The van der Waals surface area contributed by atoms with E-state index in [4.69, 9.17) is 9.15 Å². The Bertz CT molecular complexity index is 620. The van der Waals surface area contributed by atoms with Crippen molar-refractivity contribution < 1.29 is 13.9 Å². The molecule has 1 aromatic carbocycles. The molecule has 2 aromatic rings. The van der Waals surface area contributed by atoms with E-state index < -0.39 is 0 Å². The number of hydrogen-bond acceptors (Lipinski definition) is 4. The molecule has 0 spiro atoms. The molecule has 1 aromatic heterocycles. The highest BCUT2D eigenvalue weighted by Gasteiger charge is 2.07. The van der Waals surface area contributed by atoms with E-state index in [1.807, 2.05) is 24.3 Å². The van der Waals surface area contributed by atoms with Crippen LogP contribution in [0.3, 0.4) is 0 Å². The Hall–Kier alpha value is -2.43. The van der Waals surface area contributed by atoms with Crippen LogP contribution >= 0.6 is 0 Å². The number of nitrogens with one attached hydrogen (secondary N) is 2. The third-order valence-electron chi connectivity index (χ3n) is 3.04. The molecule has 0 fully saturated rings. The molecule has 2 rings (SSSR count). The minimum atomic E-state index is -0.107. The SMILES string of the molecule is CCc1ccc(CNc2cc(NC(C)=O)ccc2OC)o1. The number of methoxy groups -OCH3 is 1. The van der Waals surface area contributed by atoms with E-state index in [2.05, 4.69) is 17.6 Å². The van der Waals surface area contributed by atoms with Crippen molar-refractivity contribution in [2.24, 2.45) is 0 Å². The van der Waals surface area contributed by atoms with Crippen LogP contribution in [-0.2, 0) is 17.8 Å². The number of carbonyl (C=O) groups is 1. The first-order valence-corrected chi connectivity index (χ1v) is 6.89. The number of anilines is 2. The molecule has 0 aliphatic carbocycles. The number of carbonyl (C=O) groups excluding carboxylic acids is 1. The van der Waals surface area contributed by atoms with Gasteiger partial charge in [-0.1, -0.05) is 6.92 Å². The van der Waals surface area contributed by atoms with Crippen molar-refractivity contribution in [3.8, 4) is 5.75 Å². The van der Waals surface area contributed by atoms with Gasteiger partial charge in [0.1, 0.15) is 17.3 Å². The molecule has 1 heterocycles. The van der Waals surface area contributed by atoms with Crippen LogP contribution in [0.1, 0.15) is 25.4 Å². The number of benzene rings is 1. The lowest BCUT2D eigenvalue weighted by Crippen LogP contribution is -2.07. The van der Waals surface area contributed by atoms with Crippen LogP contribution < -0.4 is 15.4 Å². The first kappa shape index (κ1) is 15.0. The fraction of sp³-hybridized carbons (Fsp3) is 0.312. The average Bonchev–Trinajstić information content (AvgIpc) is 2.92. The summed E-state index contributed by atoms with van der Waals surface area (Å²) in [5.41, 5.74) is 1.53. The van der Waals surface area contributed by atoms with Crippen LogP contribution in [0.4, 0.5) is 11.4 Å². The van der Waals surface area contributed by atoms with Crippen molar-refractivity contribution in [2.45, 2.75) is 26.8 Å². The second-order valence-corrected chi connectivity index (χ2v) is 4.67. The van der Waals surface area contributed by atoms with Gasteiger partial charge in [0.05, 0.1) is 19.3 Å². The summed E-state index contributed by atoms with van der Waals surface area (Å²) >= 11 is 0. The molecule has 0 aliphatic rings.